The molecule has 1 saturated carbocycles. The van der Waals surface area contributed by atoms with Gasteiger partial charge in [-0.05, 0) is 30.5 Å². The van der Waals surface area contributed by atoms with Gasteiger partial charge in [-0.3, -0.25) is 5.10 Å². The van der Waals surface area contributed by atoms with Gasteiger partial charge in [-0.15, -0.1) is 0 Å². The monoisotopic (exact) mass is 211 g/mol. The second kappa shape index (κ2) is 4.26. The molecule has 14 heavy (non-hydrogen) atoms. The highest BCUT2D eigenvalue weighted by Crippen LogP contribution is 2.30. The number of hydrogen-bond donors (Lipinski definition) is 1. The lowest BCUT2D eigenvalue weighted by Gasteiger charge is -2.28. The van der Waals surface area contributed by atoms with Crippen LogP contribution in [-0.2, 0) is 6.54 Å². The van der Waals surface area contributed by atoms with Gasteiger partial charge in [-0.1, -0.05) is 26.2 Å². The minimum absolute atomic E-state index is 0.753. The van der Waals surface area contributed by atoms with E-state index < -0.39 is 0 Å². The van der Waals surface area contributed by atoms with Crippen molar-refractivity contribution < 1.29 is 0 Å². The molecular weight excluding hydrogens is 194 g/mol. The smallest absolute Gasteiger partial charge is 0.194 e. The van der Waals surface area contributed by atoms with Gasteiger partial charge >= 0.3 is 0 Å². The quantitative estimate of drug-likeness (QED) is 0.763. The highest BCUT2D eigenvalue weighted by atomic mass is 32.1. The lowest BCUT2D eigenvalue weighted by atomic mass is 9.80. The maximum absolute atomic E-state index is 5.14. The van der Waals surface area contributed by atoms with Gasteiger partial charge in [0, 0.05) is 6.54 Å². The topological polar surface area (TPSA) is 33.6 Å². The first-order valence-corrected chi connectivity index (χ1v) is 5.78. The van der Waals surface area contributed by atoms with E-state index in [1.165, 1.54) is 25.7 Å². The summed E-state index contributed by atoms with van der Waals surface area (Å²) in [7, 11) is 0. The van der Waals surface area contributed by atoms with Gasteiger partial charge in [0.05, 0.1) is 0 Å². The predicted octanol–water partition coefficient (Wildman–Crippen LogP) is 2.77. The third kappa shape index (κ3) is 2.05. The molecule has 0 radical (unpaired) electrons. The molecule has 4 heteroatoms. The Morgan fingerprint density at radius 2 is 2.36 bits per heavy atom. The molecule has 1 heterocycles. The summed E-state index contributed by atoms with van der Waals surface area (Å²) in [6.45, 7) is 3.39. The molecule has 0 saturated heterocycles. The van der Waals surface area contributed by atoms with Gasteiger partial charge in [0.15, 0.2) is 4.77 Å². The Morgan fingerprint density at radius 3 is 3.00 bits per heavy atom. The predicted molar refractivity (Wildman–Crippen MR) is 58.5 cm³/mol. The van der Waals surface area contributed by atoms with Gasteiger partial charge in [-0.25, -0.2) is 0 Å². The molecule has 0 bridgehead atoms. The molecule has 1 aromatic rings. The van der Waals surface area contributed by atoms with Crippen LogP contribution in [0.3, 0.4) is 0 Å². The van der Waals surface area contributed by atoms with Crippen molar-refractivity contribution in [1.82, 2.24) is 14.8 Å². The van der Waals surface area contributed by atoms with Crippen molar-refractivity contribution in [1.29, 1.82) is 0 Å². The highest BCUT2D eigenvalue weighted by Gasteiger charge is 2.21. The number of aromatic amines is 1. The molecule has 1 aliphatic rings. The van der Waals surface area contributed by atoms with Crippen LogP contribution in [0.2, 0.25) is 0 Å². The van der Waals surface area contributed by atoms with E-state index in [4.69, 9.17) is 12.2 Å². The van der Waals surface area contributed by atoms with E-state index in [1.807, 2.05) is 6.33 Å². The van der Waals surface area contributed by atoms with E-state index >= 15 is 0 Å². The minimum Gasteiger partial charge on any atom is -0.306 e. The Hall–Kier alpha value is -0.640. The lowest BCUT2D eigenvalue weighted by molar-refractivity contribution is 0.227. The molecule has 2 atom stereocenters. The maximum atomic E-state index is 5.14. The van der Waals surface area contributed by atoms with Crippen LogP contribution >= 0.6 is 12.2 Å². The number of nitrogens with zero attached hydrogens (tertiary/aromatic N) is 2. The highest BCUT2D eigenvalue weighted by molar-refractivity contribution is 7.71. The van der Waals surface area contributed by atoms with Crippen molar-refractivity contribution in [2.75, 3.05) is 0 Å². The first kappa shape index (κ1) is 9.90. The van der Waals surface area contributed by atoms with Gasteiger partial charge in [0.2, 0.25) is 0 Å². The summed E-state index contributed by atoms with van der Waals surface area (Å²) >= 11 is 5.14. The zero-order chi connectivity index (χ0) is 9.97. The molecule has 1 N–H and O–H groups in total. The van der Waals surface area contributed by atoms with E-state index in [1.54, 1.807) is 0 Å². The standard InChI is InChI=1S/C10H17N3S/c1-8-4-2-3-5-9(8)6-13-7-11-12-10(13)14/h7-9H,2-6H2,1H3,(H,12,14). The summed E-state index contributed by atoms with van der Waals surface area (Å²) in [5.41, 5.74) is 0. The normalized spacial score (nSPS) is 27.8. The average Bonchev–Trinajstić information content (AvgIpc) is 2.56. The Balaban J connectivity index is 2.03. The Bertz CT molecular complexity index is 341. The van der Waals surface area contributed by atoms with Crippen molar-refractivity contribution in [2.45, 2.75) is 39.2 Å². The van der Waals surface area contributed by atoms with Crippen LogP contribution in [0.1, 0.15) is 32.6 Å². The minimum atomic E-state index is 0.753. The van der Waals surface area contributed by atoms with E-state index in [0.717, 1.165) is 23.2 Å². The zero-order valence-corrected chi connectivity index (χ0v) is 9.39. The van der Waals surface area contributed by atoms with Crippen LogP contribution in [-0.4, -0.2) is 14.8 Å². The molecule has 2 unspecified atom stereocenters. The van der Waals surface area contributed by atoms with E-state index in [9.17, 15) is 0 Å². The fourth-order valence-corrected chi connectivity index (χ4v) is 2.49. The van der Waals surface area contributed by atoms with Crippen molar-refractivity contribution in [3.8, 4) is 0 Å². The van der Waals surface area contributed by atoms with Crippen LogP contribution in [0.15, 0.2) is 6.33 Å². The summed E-state index contributed by atoms with van der Waals surface area (Å²) in [6, 6.07) is 0. The lowest BCUT2D eigenvalue weighted by Crippen LogP contribution is -2.21. The molecule has 1 aromatic heterocycles. The molecule has 0 aromatic carbocycles. The molecular formula is C10H17N3S. The summed E-state index contributed by atoms with van der Waals surface area (Å²) < 4.78 is 2.81. The van der Waals surface area contributed by atoms with E-state index in [-0.39, 0.29) is 0 Å². The fourth-order valence-electron chi connectivity index (χ4n) is 2.32. The van der Waals surface area contributed by atoms with Crippen molar-refractivity contribution in [2.24, 2.45) is 11.8 Å². The van der Waals surface area contributed by atoms with Gasteiger partial charge in [0.1, 0.15) is 6.33 Å². The third-order valence-electron chi connectivity index (χ3n) is 3.34. The van der Waals surface area contributed by atoms with Crippen molar-refractivity contribution >= 4 is 12.2 Å². The van der Waals surface area contributed by atoms with Gasteiger partial charge < -0.3 is 4.57 Å². The summed E-state index contributed by atoms with van der Waals surface area (Å²) in [5, 5.41) is 6.75. The Kier molecular flexibility index (Phi) is 3.01. The average molecular weight is 211 g/mol. The molecule has 1 fully saturated rings. The fraction of sp³-hybridized carbons (Fsp3) is 0.800. The van der Waals surface area contributed by atoms with E-state index in [2.05, 4.69) is 21.7 Å². The molecule has 0 spiro atoms. The number of H-pyrrole nitrogens is 1. The van der Waals surface area contributed by atoms with Crippen molar-refractivity contribution in [3.63, 3.8) is 0 Å². The van der Waals surface area contributed by atoms with Crippen LogP contribution in [0.4, 0.5) is 0 Å². The molecule has 2 rings (SSSR count). The second-order valence-corrected chi connectivity index (χ2v) is 4.72. The molecule has 78 valence electrons. The number of rotatable bonds is 2. The van der Waals surface area contributed by atoms with Crippen molar-refractivity contribution in [3.05, 3.63) is 11.1 Å². The largest absolute Gasteiger partial charge is 0.306 e. The van der Waals surface area contributed by atoms with Crippen LogP contribution < -0.4 is 0 Å². The molecule has 0 amide bonds. The van der Waals surface area contributed by atoms with Gasteiger partial charge in [0.25, 0.3) is 0 Å². The zero-order valence-electron chi connectivity index (χ0n) is 8.57. The van der Waals surface area contributed by atoms with E-state index in [0.29, 0.717) is 0 Å². The number of aromatic nitrogens is 3. The number of hydrogen-bond acceptors (Lipinski definition) is 2. The first-order chi connectivity index (χ1) is 6.77. The first-order valence-electron chi connectivity index (χ1n) is 5.37. The SMILES string of the molecule is CC1CCCCC1Cn1cn[nH]c1=S. The van der Waals surface area contributed by atoms with Crippen LogP contribution in [0.5, 0.6) is 0 Å². The van der Waals surface area contributed by atoms with Crippen LogP contribution in [0.25, 0.3) is 0 Å². The summed E-state index contributed by atoms with van der Waals surface area (Å²) in [4.78, 5) is 0. The summed E-state index contributed by atoms with van der Waals surface area (Å²) in [6.07, 6.45) is 7.29. The Morgan fingerprint density at radius 1 is 1.57 bits per heavy atom. The van der Waals surface area contributed by atoms with Gasteiger partial charge in [-0.2, -0.15) is 5.10 Å². The molecule has 3 nitrogen and oxygen atoms in total. The second-order valence-electron chi connectivity index (χ2n) is 4.34. The molecule has 0 aliphatic heterocycles. The summed E-state index contributed by atoms with van der Waals surface area (Å²) in [5.74, 6) is 1.62. The third-order valence-corrected chi connectivity index (χ3v) is 3.66. The van der Waals surface area contributed by atoms with Crippen LogP contribution in [0, 0.1) is 16.6 Å². The maximum Gasteiger partial charge on any atom is 0.194 e. The molecule has 1 aliphatic carbocycles. The number of nitrogens with one attached hydrogen (secondary N) is 1. The Labute approximate surface area is 89.5 Å².